The molecule has 1 aromatic rings. The summed E-state index contributed by atoms with van der Waals surface area (Å²) in [4.78, 5) is 16.2. The van der Waals surface area contributed by atoms with Gasteiger partial charge < -0.3 is 14.8 Å². The number of carbonyl (C=O) groups is 1. The molecule has 1 aromatic heterocycles. The third kappa shape index (κ3) is 4.44. The van der Waals surface area contributed by atoms with E-state index in [0.717, 1.165) is 18.1 Å². The molecule has 0 aliphatic heterocycles. The lowest BCUT2D eigenvalue weighted by atomic mass is 10.1. The van der Waals surface area contributed by atoms with Crippen molar-refractivity contribution in [2.24, 2.45) is 0 Å². The molecular weight excluding hydrogens is 236 g/mol. The number of nitrogens with one attached hydrogen (secondary N) is 1. The van der Waals surface area contributed by atoms with Crippen LogP contribution < -0.4 is 10.0 Å². The predicted molar refractivity (Wildman–Crippen MR) is 65.8 cm³/mol. The van der Waals surface area contributed by atoms with Gasteiger partial charge in [-0.05, 0) is 27.7 Å². The van der Waals surface area contributed by atoms with Crippen LogP contribution in [-0.2, 0) is 17.8 Å². The second-order valence-corrected chi connectivity index (χ2v) is 6.11. The molecule has 0 fully saturated rings. The number of carboxylic acids is 1. The van der Waals surface area contributed by atoms with Gasteiger partial charge in [0.05, 0.1) is 17.8 Å². The Morgan fingerprint density at radius 2 is 2.18 bits per heavy atom. The Morgan fingerprint density at radius 3 is 2.65 bits per heavy atom. The third-order valence-electron chi connectivity index (χ3n) is 2.78. The van der Waals surface area contributed by atoms with Crippen LogP contribution in [0.5, 0.6) is 0 Å². The molecule has 0 aromatic carbocycles. The highest BCUT2D eigenvalue weighted by atomic mass is 32.1. The first kappa shape index (κ1) is 14.1. The number of hydrogen-bond donors (Lipinski definition) is 1. The van der Waals surface area contributed by atoms with Crippen molar-refractivity contribution in [3.05, 3.63) is 16.1 Å². The summed E-state index contributed by atoms with van der Waals surface area (Å²) in [5, 5.41) is 13.3. The van der Waals surface area contributed by atoms with Crippen LogP contribution in [0.3, 0.4) is 0 Å². The Hall–Kier alpha value is -0.940. The van der Waals surface area contributed by atoms with Gasteiger partial charge in [0, 0.05) is 17.8 Å². The Bertz CT molecular complexity index is 382. The van der Waals surface area contributed by atoms with Crippen LogP contribution in [0.4, 0.5) is 0 Å². The van der Waals surface area contributed by atoms with Gasteiger partial charge in [0.2, 0.25) is 0 Å². The number of nitrogens with zero attached hydrogens (tertiary/aromatic N) is 1. The Kier molecular flexibility index (Phi) is 4.65. The maximum atomic E-state index is 10.5. The maximum Gasteiger partial charge on any atom is 0.147 e. The van der Waals surface area contributed by atoms with Gasteiger partial charge in [0.1, 0.15) is 11.6 Å². The van der Waals surface area contributed by atoms with E-state index in [1.54, 1.807) is 5.38 Å². The van der Waals surface area contributed by atoms with Gasteiger partial charge in [-0.2, -0.15) is 0 Å². The molecule has 17 heavy (non-hydrogen) atoms. The largest absolute Gasteiger partial charge is 0.550 e. The predicted octanol–water partition coefficient (Wildman–Crippen LogP) is -0.361. The summed E-state index contributed by atoms with van der Waals surface area (Å²) in [6.45, 7) is 10.6. The quantitative estimate of drug-likeness (QED) is 0.782. The van der Waals surface area contributed by atoms with Crippen molar-refractivity contribution in [1.82, 2.24) is 4.98 Å². The van der Waals surface area contributed by atoms with Crippen molar-refractivity contribution in [1.29, 1.82) is 0 Å². The van der Waals surface area contributed by atoms with E-state index in [4.69, 9.17) is 0 Å². The van der Waals surface area contributed by atoms with E-state index < -0.39 is 5.97 Å². The molecule has 0 amide bonds. The van der Waals surface area contributed by atoms with Crippen molar-refractivity contribution < 1.29 is 14.8 Å². The number of hydrogen-bond acceptors (Lipinski definition) is 4. The molecule has 1 heterocycles. The summed E-state index contributed by atoms with van der Waals surface area (Å²) in [5.41, 5.74) is 0.781. The molecule has 4 nitrogen and oxygen atoms in total. The Labute approximate surface area is 106 Å². The number of aliphatic carboxylic acids is 1. The van der Waals surface area contributed by atoms with E-state index >= 15 is 0 Å². The van der Waals surface area contributed by atoms with Crippen molar-refractivity contribution in [3.63, 3.8) is 0 Å². The highest BCUT2D eigenvalue weighted by Crippen LogP contribution is 2.09. The highest BCUT2D eigenvalue weighted by molar-refractivity contribution is 7.09. The summed E-state index contributed by atoms with van der Waals surface area (Å²) in [6.07, 6.45) is -0.0898. The maximum absolute atomic E-state index is 10.5. The second-order valence-electron chi connectivity index (χ2n) is 5.17. The number of thiazole rings is 1. The third-order valence-corrected chi connectivity index (χ3v) is 3.67. The molecule has 1 unspecified atom stereocenters. The van der Waals surface area contributed by atoms with E-state index in [1.165, 1.54) is 16.2 Å². The second kappa shape index (κ2) is 5.60. The normalized spacial score (nSPS) is 13.6. The smallest absolute Gasteiger partial charge is 0.147 e. The van der Waals surface area contributed by atoms with Crippen LogP contribution in [0.15, 0.2) is 5.38 Å². The molecule has 0 bridgehead atoms. The summed E-state index contributed by atoms with van der Waals surface area (Å²) in [6, 6.07) is 0. The Balaban J connectivity index is 2.68. The minimum Gasteiger partial charge on any atom is -0.550 e. The molecule has 0 aliphatic rings. The summed E-state index contributed by atoms with van der Waals surface area (Å²) < 4.78 is 0. The monoisotopic (exact) mass is 256 g/mol. The summed E-state index contributed by atoms with van der Waals surface area (Å²) >= 11 is 1.53. The zero-order valence-electron chi connectivity index (χ0n) is 10.9. The van der Waals surface area contributed by atoms with E-state index in [0.29, 0.717) is 5.69 Å². The minimum atomic E-state index is -1.07. The average molecular weight is 256 g/mol. The van der Waals surface area contributed by atoms with E-state index in [9.17, 15) is 9.90 Å². The van der Waals surface area contributed by atoms with Crippen LogP contribution >= 0.6 is 11.3 Å². The van der Waals surface area contributed by atoms with Crippen LogP contribution in [-0.4, -0.2) is 23.0 Å². The molecule has 5 heteroatoms. The first-order valence-corrected chi connectivity index (χ1v) is 6.69. The lowest BCUT2D eigenvalue weighted by Gasteiger charge is -2.30. The van der Waals surface area contributed by atoms with Crippen molar-refractivity contribution >= 4 is 17.3 Å². The zero-order chi connectivity index (χ0) is 13.1. The first-order valence-electron chi connectivity index (χ1n) is 5.81. The lowest BCUT2D eigenvalue weighted by molar-refractivity contribution is -0.958. The van der Waals surface area contributed by atoms with Crippen molar-refractivity contribution in [2.45, 2.75) is 46.2 Å². The molecule has 1 N–H and O–H groups in total. The number of rotatable bonds is 5. The topological polar surface area (TPSA) is 57.5 Å². The summed E-state index contributed by atoms with van der Waals surface area (Å²) in [5.74, 6) is -1.07. The van der Waals surface area contributed by atoms with Crippen LogP contribution in [0.25, 0.3) is 0 Å². The SMILES string of the molecule is CC[NH+](Cc1nc(CC(=O)[O-])cs1)C(C)(C)C. The number of carboxylic acid groups (broad SMARTS) is 1. The van der Waals surface area contributed by atoms with E-state index in [-0.39, 0.29) is 12.0 Å². The average Bonchev–Trinajstić information content (AvgIpc) is 2.59. The fourth-order valence-electron chi connectivity index (χ4n) is 1.76. The van der Waals surface area contributed by atoms with Crippen molar-refractivity contribution in [2.75, 3.05) is 6.54 Å². The molecule has 0 saturated heterocycles. The fourth-order valence-corrected chi connectivity index (χ4v) is 2.60. The number of aromatic nitrogens is 1. The number of quaternary nitrogens is 1. The summed E-state index contributed by atoms with van der Waals surface area (Å²) in [7, 11) is 0. The van der Waals surface area contributed by atoms with Gasteiger partial charge >= 0.3 is 0 Å². The Morgan fingerprint density at radius 1 is 1.53 bits per heavy atom. The van der Waals surface area contributed by atoms with Gasteiger partial charge in [-0.1, -0.05) is 0 Å². The van der Waals surface area contributed by atoms with Gasteiger partial charge in [-0.25, -0.2) is 4.98 Å². The highest BCUT2D eigenvalue weighted by Gasteiger charge is 2.24. The molecular formula is C12H20N2O2S. The molecule has 1 atom stereocenters. The standard InChI is InChI=1S/C12H20N2O2S/c1-5-14(12(2,3)4)7-10-13-9(8-17-10)6-11(15)16/h8H,5-7H2,1-4H3,(H,15,16). The molecule has 1 rings (SSSR count). The molecule has 96 valence electrons. The molecule has 0 spiro atoms. The van der Waals surface area contributed by atoms with E-state index in [2.05, 4.69) is 32.7 Å². The van der Waals surface area contributed by atoms with E-state index in [1.807, 2.05) is 0 Å². The zero-order valence-corrected chi connectivity index (χ0v) is 11.7. The first-order chi connectivity index (χ1) is 7.82. The van der Waals surface area contributed by atoms with Gasteiger partial charge in [0.25, 0.3) is 0 Å². The fraction of sp³-hybridized carbons (Fsp3) is 0.667. The van der Waals surface area contributed by atoms with Gasteiger partial charge in [-0.3, -0.25) is 0 Å². The minimum absolute atomic E-state index is 0.0898. The van der Waals surface area contributed by atoms with Gasteiger partial charge in [0.15, 0.2) is 0 Å². The number of carbonyl (C=O) groups excluding carboxylic acids is 1. The molecule has 0 radical (unpaired) electrons. The lowest BCUT2D eigenvalue weighted by Crippen LogP contribution is -3.17. The molecule has 0 aliphatic carbocycles. The molecule has 0 saturated carbocycles. The van der Waals surface area contributed by atoms with Crippen LogP contribution in [0.2, 0.25) is 0 Å². The van der Waals surface area contributed by atoms with Gasteiger partial charge in [-0.15, -0.1) is 11.3 Å². The van der Waals surface area contributed by atoms with Crippen LogP contribution in [0.1, 0.15) is 38.4 Å². The van der Waals surface area contributed by atoms with Crippen LogP contribution in [0, 0.1) is 0 Å². The van der Waals surface area contributed by atoms with Crippen molar-refractivity contribution in [3.8, 4) is 0 Å².